The fourth-order valence-corrected chi connectivity index (χ4v) is 2.34. The molecule has 0 saturated carbocycles. The molecule has 2 aromatic carbocycles. The number of rotatable bonds is 3. The Morgan fingerprint density at radius 1 is 0.808 bits per heavy atom. The molecule has 0 spiro atoms. The van der Waals surface area contributed by atoms with Gasteiger partial charge in [0.2, 0.25) is 0 Å². The van der Waals surface area contributed by atoms with Crippen molar-refractivity contribution in [1.82, 2.24) is 0 Å². The number of carbonyl (C=O) groups is 1. The normalized spacial score (nSPS) is 12.8. The van der Waals surface area contributed by atoms with Gasteiger partial charge in [0.25, 0.3) is 5.91 Å². The minimum atomic E-state index is -6.20. The molecule has 140 valence electrons. The Kier molecular flexibility index (Phi) is 5.23. The molecule has 2 rings (SSSR count). The van der Waals surface area contributed by atoms with Gasteiger partial charge in [-0.05, 0) is 24.3 Å². The van der Waals surface area contributed by atoms with E-state index in [4.69, 9.17) is 11.6 Å². The van der Waals surface area contributed by atoms with Crippen LogP contribution in [-0.4, -0.2) is 18.3 Å². The average molecular weight is 400 g/mol. The van der Waals surface area contributed by atoms with E-state index in [9.17, 15) is 35.5 Å². The van der Waals surface area contributed by atoms with Crippen LogP contribution in [0.15, 0.2) is 48.5 Å². The van der Waals surface area contributed by atoms with Gasteiger partial charge >= 0.3 is 18.0 Å². The van der Waals surface area contributed by atoms with Crippen LogP contribution < -0.4 is 5.32 Å². The second-order valence-corrected chi connectivity index (χ2v) is 5.57. The summed E-state index contributed by atoms with van der Waals surface area (Å²) in [5.74, 6) is -0.735. The molecule has 0 bridgehead atoms. The van der Waals surface area contributed by atoms with Crippen molar-refractivity contribution < 1.29 is 35.5 Å². The van der Waals surface area contributed by atoms with E-state index in [-0.39, 0.29) is 16.3 Å². The van der Waals surface area contributed by atoms with Crippen LogP contribution in [0.25, 0.3) is 0 Å². The van der Waals surface area contributed by atoms with Crippen molar-refractivity contribution in [2.45, 2.75) is 18.0 Å². The third-order valence-electron chi connectivity index (χ3n) is 3.44. The van der Waals surface area contributed by atoms with E-state index >= 15 is 0 Å². The van der Waals surface area contributed by atoms with E-state index in [1.54, 1.807) is 6.07 Å². The molecule has 0 aliphatic rings. The third-order valence-corrected chi connectivity index (χ3v) is 3.77. The molecule has 0 unspecified atom stereocenters. The molecule has 1 N–H and O–H groups in total. The van der Waals surface area contributed by atoms with E-state index in [2.05, 4.69) is 5.32 Å². The maximum absolute atomic E-state index is 13.9. The molecule has 0 aliphatic carbocycles. The van der Waals surface area contributed by atoms with Crippen LogP contribution in [0.1, 0.15) is 15.9 Å². The molecule has 10 heteroatoms. The topological polar surface area (TPSA) is 29.1 Å². The Bertz CT molecular complexity index is 785. The van der Waals surface area contributed by atoms with Gasteiger partial charge in [-0.3, -0.25) is 4.79 Å². The summed E-state index contributed by atoms with van der Waals surface area (Å²) in [7, 11) is 0. The largest absolute Gasteiger partial charge is 0.435 e. The van der Waals surface area contributed by atoms with Gasteiger partial charge in [-0.1, -0.05) is 35.9 Å². The Morgan fingerprint density at radius 3 is 1.77 bits per heavy atom. The molecule has 0 heterocycles. The molecule has 26 heavy (non-hydrogen) atoms. The zero-order valence-corrected chi connectivity index (χ0v) is 13.3. The highest BCUT2D eigenvalue weighted by molar-refractivity contribution is 6.34. The quantitative estimate of drug-likeness (QED) is 0.641. The maximum atomic E-state index is 13.9. The molecular weight excluding hydrogens is 391 g/mol. The Labute approximate surface area is 147 Å². The number of benzene rings is 2. The first kappa shape index (κ1) is 20.0. The van der Waals surface area contributed by atoms with Gasteiger partial charge in [-0.25, -0.2) is 4.39 Å². The molecule has 0 atom stereocenters. The van der Waals surface area contributed by atoms with Crippen molar-refractivity contribution in [3.63, 3.8) is 0 Å². The van der Waals surface area contributed by atoms with Crippen LogP contribution in [-0.2, 0) is 5.67 Å². The lowest BCUT2D eigenvalue weighted by atomic mass is 9.94. The highest BCUT2D eigenvalue weighted by Gasteiger charge is 2.73. The molecule has 1 amide bonds. The lowest BCUT2D eigenvalue weighted by Gasteiger charge is -2.30. The first-order chi connectivity index (χ1) is 11.9. The first-order valence-electron chi connectivity index (χ1n) is 6.86. The zero-order valence-electron chi connectivity index (χ0n) is 12.6. The van der Waals surface area contributed by atoms with Gasteiger partial charge in [0.1, 0.15) is 0 Å². The van der Waals surface area contributed by atoms with Crippen LogP contribution >= 0.6 is 11.6 Å². The highest BCUT2D eigenvalue weighted by atomic mass is 35.5. The molecule has 2 nitrogen and oxygen atoms in total. The second kappa shape index (κ2) is 6.79. The standard InChI is InChI=1S/C16H9ClF7NO/c17-12-4-2-1-3-11(12)13(26)25-10-7-5-9(6-8-10)14(18,15(19,20)21)16(22,23)24/h1-8H,(H,25,26). The summed E-state index contributed by atoms with van der Waals surface area (Å²) in [6.07, 6.45) is -12.4. The van der Waals surface area contributed by atoms with Gasteiger partial charge in [-0.2, -0.15) is 26.3 Å². The van der Waals surface area contributed by atoms with Crippen molar-refractivity contribution in [2.75, 3.05) is 5.32 Å². The van der Waals surface area contributed by atoms with Crippen molar-refractivity contribution in [3.8, 4) is 0 Å². The molecule has 0 aromatic heterocycles. The van der Waals surface area contributed by atoms with Crippen molar-refractivity contribution in [1.29, 1.82) is 0 Å². The fraction of sp³-hybridized carbons (Fsp3) is 0.188. The van der Waals surface area contributed by atoms with Crippen LogP contribution in [0.5, 0.6) is 0 Å². The molecular formula is C16H9ClF7NO. The van der Waals surface area contributed by atoms with Gasteiger partial charge in [0, 0.05) is 11.3 Å². The Balaban J connectivity index is 2.30. The molecule has 0 aliphatic heterocycles. The van der Waals surface area contributed by atoms with Gasteiger partial charge in [0.05, 0.1) is 10.6 Å². The van der Waals surface area contributed by atoms with E-state index < -0.39 is 29.5 Å². The summed E-state index contributed by atoms with van der Waals surface area (Å²) in [6.45, 7) is 0. The molecule has 2 aromatic rings. The van der Waals surface area contributed by atoms with Crippen LogP contribution in [0, 0.1) is 0 Å². The van der Waals surface area contributed by atoms with Gasteiger partial charge in [0.15, 0.2) is 0 Å². The lowest BCUT2D eigenvalue weighted by Crippen LogP contribution is -2.50. The van der Waals surface area contributed by atoms with Gasteiger partial charge < -0.3 is 5.32 Å². The smallest absolute Gasteiger partial charge is 0.322 e. The van der Waals surface area contributed by atoms with Gasteiger partial charge in [-0.15, -0.1) is 0 Å². The first-order valence-corrected chi connectivity index (χ1v) is 7.24. The number of carbonyl (C=O) groups excluding carboxylic acids is 1. The summed E-state index contributed by atoms with van der Waals surface area (Å²) < 4.78 is 90.0. The number of alkyl halides is 7. The minimum absolute atomic E-state index is 0.0451. The highest BCUT2D eigenvalue weighted by Crippen LogP contribution is 2.53. The van der Waals surface area contributed by atoms with E-state index in [0.717, 1.165) is 12.1 Å². The maximum Gasteiger partial charge on any atom is 0.435 e. The number of nitrogens with one attached hydrogen (secondary N) is 1. The number of hydrogen-bond acceptors (Lipinski definition) is 1. The molecule has 0 fully saturated rings. The average Bonchev–Trinajstić information content (AvgIpc) is 2.53. The van der Waals surface area contributed by atoms with E-state index in [1.807, 2.05) is 0 Å². The number of anilines is 1. The summed E-state index contributed by atoms with van der Waals surface area (Å²) in [5, 5.41) is 2.34. The number of hydrogen-bond donors (Lipinski definition) is 1. The summed E-state index contributed by atoms with van der Waals surface area (Å²) in [6, 6.07) is 7.94. The lowest BCUT2D eigenvalue weighted by molar-refractivity contribution is -0.348. The molecule has 0 saturated heterocycles. The summed E-state index contributed by atoms with van der Waals surface area (Å²) in [5.41, 5.74) is -7.26. The molecule has 0 radical (unpaired) electrons. The Morgan fingerprint density at radius 2 is 1.31 bits per heavy atom. The van der Waals surface area contributed by atoms with Crippen molar-refractivity contribution >= 4 is 23.2 Å². The van der Waals surface area contributed by atoms with Crippen LogP contribution in [0.4, 0.5) is 36.4 Å². The summed E-state index contributed by atoms with van der Waals surface area (Å²) in [4.78, 5) is 12.0. The number of halogens is 8. The van der Waals surface area contributed by atoms with Crippen LogP contribution in [0.2, 0.25) is 5.02 Å². The fourth-order valence-electron chi connectivity index (χ4n) is 2.12. The predicted molar refractivity (Wildman–Crippen MR) is 80.7 cm³/mol. The third kappa shape index (κ3) is 3.62. The summed E-state index contributed by atoms with van der Waals surface area (Å²) >= 11 is 5.81. The van der Waals surface area contributed by atoms with Crippen molar-refractivity contribution in [2.24, 2.45) is 0 Å². The van der Waals surface area contributed by atoms with Crippen LogP contribution in [0.3, 0.4) is 0 Å². The Hall–Kier alpha value is -2.29. The van der Waals surface area contributed by atoms with Crippen molar-refractivity contribution in [3.05, 3.63) is 64.7 Å². The second-order valence-electron chi connectivity index (χ2n) is 5.17. The predicted octanol–water partition coefficient (Wildman–Crippen LogP) is 5.88. The number of amides is 1. The minimum Gasteiger partial charge on any atom is -0.322 e. The van der Waals surface area contributed by atoms with E-state index in [0.29, 0.717) is 12.1 Å². The SMILES string of the molecule is O=C(Nc1ccc(C(F)(C(F)(F)F)C(F)(F)F)cc1)c1ccccc1Cl. The zero-order chi connectivity index (χ0) is 19.8. The van der Waals surface area contributed by atoms with E-state index in [1.165, 1.54) is 18.2 Å². The monoisotopic (exact) mass is 399 g/mol.